The topological polar surface area (TPSA) is 92.7 Å². The Hall–Kier alpha value is -3.90. The number of alkyl halides is 2. The highest BCUT2D eigenvalue weighted by atomic mass is 35.5. The minimum atomic E-state index is -2.67. The summed E-state index contributed by atoms with van der Waals surface area (Å²) < 4.78 is 39.6. The van der Waals surface area contributed by atoms with Crippen molar-refractivity contribution in [2.45, 2.75) is 56.2 Å². The summed E-state index contributed by atoms with van der Waals surface area (Å²) in [6.45, 7) is 2.19. The van der Waals surface area contributed by atoms with Crippen LogP contribution >= 0.6 is 23.2 Å². The number of carbonyl (C=O) groups excluding carboxylic acids is 1. The van der Waals surface area contributed by atoms with Gasteiger partial charge in [0, 0.05) is 72.9 Å². The Balaban J connectivity index is 1.07. The van der Waals surface area contributed by atoms with Crippen LogP contribution < -0.4 is 14.8 Å². The molecule has 1 unspecified atom stereocenters. The molecule has 2 aromatic carbocycles. The second kappa shape index (κ2) is 12.7. The van der Waals surface area contributed by atoms with Gasteiger partial charge in [0.1, 0.15) is 5.69 Å². The van der Waals surface area contributed by atoms with Crippen molar-refractivity contribution >= 4 is 29.1 Å². The van der Waals surface area contributed by atoms with E-state index in [9.17, 15) is 13.6 Å². The van der Waals surface area contributed by atoms with E-state index in [2.05, 4.69) is 10.2 Å². The zero-order valence-corrected chi connectivity index (χ0v) is 29.3. The molecular weight excluding hydrogens is 685 g/mol. The molecule has 9 nitrogen and oxygen atoms in total. The number of fused-ring (bicyclic) bond motifs is 1. The van der Waals surface area contributed by atoms with Crippen LogP contribution in [-0.4, -0.2) is 82.5 Å². The molecule has 4 aliphatic rings. The smallest absolute Gasteiger partial charge is 0.261 e. The molecule has 3 saturated heterocycles. The first-order valence-electron chi connectivity index (χ1n) is 16.8. The van der Waals surface area contributed by atoms with Crippen molar-refractivity contribution in [1.82, 2.24) is 30.1 Å². The number of aryl methyl sites for hydroxylation is 1. The van der Waals surface area contributed by atoms with E-state index in [-0.39, 0.29) is 30.5 Å². The van der Waals surface area contributed by atoms with Crippen LogP contribution in [-0.2, 0) is 17.8 Å². The number of aromatic nitrogens is 3. The van der Waals surface area contributed by atoms with Gasteiger partial charge >= 0.3 is 0 Å². The van der Waals surface area contributed by atoms with Crippen molar-refractivity contribution in [3.63, 3.8) is 0 Å². The van der Waals surface area contributed by atoms with Gasteiger partial charge in [-0.2, -0.15) is 0 Å². The lowest BCUT2D eigenvalue weighted by Crippen LogP contribution is -2.66. The van der Waals surface area contributed by atoms with Gasteiger partial charge in [0.2, 0.25) is 17.7 Å². The number of halogens is 4. The standard InChI is InChI=1S/C37H36Cl2F2N6O3/c1-49-34-28(17-46-18-36(19-46)12-11-30(48)45-36)42-16-27(44-34)25-8-4-6-23(33(25)39)22-5-3-7-24(32(22)38)26-15-21-9-10-29(31(21)35(43-26)50-2)47-14-13-37(40,41)20-47/h3-8,15-16,29H,9-14,17-20H2,1-2H3,(H,45,48). The molecule has 2 aromatic heterocycles. The average molecular weight is 722 g/mol. The van der Waals surface area contributed by atoms with E-state index in [0.717, 1.165) is 49.0 Å². The van der Waals surface area contributed by atoms with Crippen molar-refractivity contribution in [3.05, 3.63) is 75.5 Å². The number of ether oxygens (including phenoxy) is 2. The summed E-state index contributed by atoms with van der Waals surface area (Å²) in [5.41, 5.74) is 6.52. The fourth-order valence-electron chi connectivity index (χ4n) is 8.09. The van der Waals surface area contributed by atoms with Gasteiger partial charge in [0.25, 0.3) is 5.92 Å². The Kier molecular flexibility index (Phi) is 8.45. The summed E-state index contributed by atoms with van der Waals surface area (Å²) in [7, 11) is 3.13. The molecular formula is C37H36Cl2F2N6O3. The van der Waals surface area contributed by atoms with Crippen LogP contribution in [0.1, 0.15) is 48.5 Å². The quantitative estimate of drug-likeness (QED) is 0.208. The van der Waals surface area contributed by atoms with Gasteiger partial charge in [-0.15, -0.1) is 0 Å². The number of hydrogen-bond acceptors (Lipinski definition) is 8. The van der Waals surface area contributed by atoms with Crippen molar-refractivity contribution in [2.24, 2.45) is 0 Å². The summed E-state index contributed by atoms with van der Waals surface area (Å²) in [5, 5.41) is 4.04. The van der Waals surface area contributed by atoms with Crippen LogP contribution in [0.4, 0.5) is 8.78 Å². The fourth-order valence-corrected chi connectivity index (χ4v) is 8.74. The van der Waals surface area contributed by atoms with Crippen LogP contribution in [0.25, 0.3) is 33.6 Å². The average Bonchev–Trinajstić information content (AvgIpc) is 3.80. The van der Waals surface area contributed by atoms with Crippen LogP contribution in [0.5, 0.6) is 11.8 Å². The van der Waals surface area contributed by atoms with Gasteiger partial charge in [-0.1, -0.05) is 59.6 Å². The van der Waals surface area contributed by atoms with E-state index >= 15 is 0 Å². The van der Waals surface area contributed by atoms with Crippen molar-refractivity contribution in [2.75, 3.05) is 40.4 Å². The highest BCUT2D eigenvalue weighted by Crippen LogP contribution is 2.47. The third kappa shape index (κ3) is 5.87. The minimum Gasteiger partial charge on any atom is -0.481 e. The van der Waals surface area contributed by atoms with Gasteiger partial charge in [-0.3, -0.25) is 19.6 Å². The zero-order chi connectivity index (χ0) is 34.8. The van der Waals surface area contributed by atoms with E-state index in [1.165, 1.54) is 0 Å². The largest absolute Gasteiger partial charge is 0.481 e. The Morgan fingerprint density at radius 1 is 0.900 bits per heavy atom. The number of hydrogen-bond donors (Lipinski definition) is 1. The number of nitrogens with one attached hydrogen (secondary N) is 1. The molecule has 3 aliphatic heterocycles. The monoisotopic (exact) mass is 720 g/mol. The maximum absolute atomic E-state index is 14.1. The predicted molar refractivity (Wildman–Crippen MR) is 187 cm³/mol. The molecule has 0 bridgehead atoms. The summed E-state index contributed by atoms with van der Waals surface area (Å²) in [6.07, 6.45) is 4.47. The number of methoxy groups -OCH3 is 2. The molecule has 8 rings (SSSR count). The van der Waals surface area contributed by atoms with Crippen LogP contribution in [0.2, 0.25) is 10.0 Å². The first-order chi connectivity index (χ1) is 24.1. The van der Waals surface area contributed by atoms with E-state index < -0.39 is 5.92 Å². The lowest BCUT2D eigenvalue weighted by molar-refractivity contribution is -0.120. The number of nitrogens with zero attached hydrogens (tertiary/aromatic N) is 5. The molecule has 1 aliphatic carbocycles. The summed E-state index contributed by atoms with van der Waals surface area (Å²) in [5.74, 6) is -1.71. The van der Waals surface area contributed by atoms with E-state index in [1.807, 2.05) is 47.4 Å². The third-order valence-electron chi connectivity index (χ3n) is 10.5. The third-order valence-corrected chi connectivity index (χ3v) is 11.3. The molecule has 260 valence electrons. The molecule has 0 saturated carbocycles. The molecule has 5 heterocycles. The maximum Gasteiger partial charge on any atom is 0.261 e. The van der Waals surface area contributed by atoms with Crippen LogP contribution in [0, 0.1) is 0 Å². The molecule has 1 amide bonds. The molecule has 50 heavy (non-hydrogen) atoms. The van der Waals surface area contributed by atoms with Crippen LogP contribution in [0.3, 0.4) is 0 Å². The normalized spacial score (nSPS) is 20.9. The fraction of sp³-hybridized carbons (Fsp3) is 0.405. The predicted octanol–water partition coefficient (Wildman–Crippen LogP) is 6.99. The Morgan fingerprint density at radius 3 is 2.18 bits per heavy atom. The Bertz CT molecular complexity index is 2010. The first kappa shape index (κ1) is 33.3. The SMILES string of the molecule is COc1nc(-c2cccc(-c3cccc(-c4cc5c(c(OC)n4)C(N4CCC(F)(F)C4)CC5)c3Cl)c2Cl)cnc1CN1CC2(CCC(=O)N2)C1. The zero-order valence-electron chi connectivity index (χ0n) is 27.7. The second-order valence-electron chi connectivity index (χ2n) is 13.7. The summed E-state index contributed by atoms with van der Waals surface area (Å²) in [4.78, 5) is 30.2. The molecule has 3 fully saturated rings. The molecule has 1 spiro atoms. The lowest BCUT2D eigenvalue weighted by atomic mass is 9.88. The molecule has 1 N–H and O–H groups in total. The summed E-state index contributed by atoms with van der Waals surface area (Å²) in [6, 6.07) is 13.3. The Labute approximate surface area is 298 Å². The minimum absolute atomic E-state index is 0.114. The molecule has 0 radical (unpaired) electrons. The second-order valence-corrected chi connectivity index (χ2v) is 14.5. The molecule has 1 atom stereocenters. The first-order valence-corrected chi connectivity index (χ1v) is 17.5. The van der Waals surface area contributed by atoms with Gasteiger partial charge < -0.3 is 14.8 Å². The lowest BCUT2D eigenvalue weighted by Gasteiger charge is -2.47. The number of likely N-dealkylation sites (tertiary alicyclic amines) is 2. The van der Waals surface area contributed by atoms with Gasteiger partial charge in [-0.05, 0) is 30.9 Å². The molecule has 4 aromatic rings. The Morgan fingerprint density at radius 2 is 1.56 bits per heavy atom. The van der Waals surface area contributed by atoms with E-state index in [0.29, 0.717) is 75.1 Å². The van der Waals surface area contributed by atoms with Gasteiger partial charge in [0.05, 0.1) is 53.9 Å². The number of carbonyl (C=O) groups is 1. The highest BCUT2D eigenvalue weighted by Gasteiger charge is 2.48. The van der Waals surface area contributed by atoms with Crippen LogP contribution in [0.15, 0.2) is 48.7 Å². The molecule has 13 heteroatoms. The van der Waals surface area contributed by atoms with E-state index in [4.69, 9.17) is 47.6 Å². The van der Waals surface area contributed by atoms with Gasteiger partial charge in [-0.25, -0.2) is 18.7 Å². The number of pyridine rings is 1. The highest BCUT2D eigenvalue weighted by molar-refractivity contribution is 6.39. The van der Waals surface area contributed by atoms with Crippen molar-refractivity contribution < 1.29 is 23.0 Å². The number of benzene rings is 2. The number of rotatable bonds is 8. The number of amides is 1. The maximum atomic E-state index is 14.1. The van der Waals surface area contributed by atoms with Gasteiger partial charge in [0.15, 0.2) is 0 Å². The van der Waals surface area contributed by atoms with Crippen molar-refractivity contribution in [3.8, 4) is 45.4 Å². The summed E-state index contributed by atoms with van der Waals surface area (Å²) >= 11 is 14.2. The van der Waals surface area contributed by atoms with Crippen molar-refractivity contribution in [1.29, 1.82) is 0 Å². The van der Waals surface area contributed by atoms with E-state index in [1.54, 1.807) is 20.4 Å².